The zero-order valence-corrected chi connectivity index (χ0v) is 24.1. The van der Waals surface area contributed by atoms with Gasteiger partial charge in [-0.25, -0.2) is 4.98 Å². The van der Waals surface area contributed by atoms with Crippen molar-refractivity contribution in [1.29, 1.82) is 0 Å². The summed E-state index contributed by atoms with van der Waals surface area (Å²) in [6.45, 7) is 2.55. The maximum atomic E-state index is 13.0. The largest absolute Gasteiger partial charge is 0.389 e. The second kappa shape index (κ2) is 12.9. The van der Waals surface area contributed by atoms with Gasteiger partial charge in [0.1, 0.15) is 5.03 Å². The van der Waals surface area contributed by atoms with Gasteiger partial charge in [0.2, 0.25) is 5.91 Å². The van der Waals surface area contributed by atoms with Crippen molar-refractivity contribution in [2.75, 3.05) is 25.4 Å². The molecule has 3 N–H and O–H groups in total. The standard InChI is InChI=1S/C32H35F3N4O2S/c33-32(34,35)16-21-42-29-25(10-7-17-37-29)28(40)38-22-13-19-39(20-14-22)18-6-5-15-31(30(36)41)26-11-3-1-8-23(26)24-9-2-4-12-27(24)31/h1-4,7-12,17,22H,5-6,13-16,18-21H2,(H2,36,41)(H,38,40). The second-order valence-electron chi connectivity index (χ2n) is 11.0. The molecule has 3 aromatic rings. The van der Waals surface area contributed by atoms with Crippen LogP contribution in [0.3, 0.4) is 0 Å². The van der Waals surface area contributed by atoms with Gasteiger partial charge < -0.3 is 16.0 Å². The smallest absolute Gasteiger partial charge is 0.369 e. The number of benzene rings is 2. The Morgan fingerprint density at radius 1 is 0.976 bits per heavy atom. The second-order valence-corrected chi connectivity index (χ2v) is 12.1. The Labute approximate surface area is 248 Å². The number of halogens is 3. The normalized spacial score (nSPS) is 16.5. The fourth-order valence-corrected chi connectivity index (χ4v) is 7.19. The maximum absolute atomic E-state index is 13.0. The van der Waals surface area contributed by atoms with Gasteiger partial charge in [-0.15, -0.1) is 11.8 Å². The van der Waals surface area contributed by atoms with E-state index in [4.69, 9.17) is 5.73 Å². The van der Waals surface area contributed by atoms with Crippen LogP contribution in [0.5, 0.6) is 0 Å². The van der Waals surface area contributed by atoms with Crippen molar-refractivity contribution in [2.24, 2.45) is 5.73 Å². The predicted molar refractivity (Wildman–Crippen MR) is 158 cm³/mol. The summed E-state index contributed by atoms with van der Waals surface area (Å²) in [6, 6.07) is 19.3. The van der Waals surface area contributed by atoms with Crippen LogP contribution in [0.25, 0.3) is 11.1 Å². The number of primary amides is 1. The van der Waals surface area contributed by atoms with Crippen LogP contribution < -0.4 is 11.1 Å². The van der Waals surface area contributed by atoms with Crippen molar-refractivity contribution in [1.82, 2.24) is 15.2 Å². The number of carbonyl (C=O) groups is 2. The molecule has 0 saturated carbocycles. The molecule has 0 unspecified atom stereocenters. The molecule has 0 radical (unpaired) electrons. The van der Waals surface area contributed by atoms with E-state index in [1.54, 1.807) is 12.1 Å². The first-order valence-electron chi connectivity index (χ1n) is 14.4. The topological polar surface area (TPSA) is 88.3 Å². The molecule has 1 aliphatic heterocycles. The zero-order chi connectivity index (χ0) is 29.7. The van der Waals surface area contributed by atoms with Crippen LogP contribution in [0, 0.1) is 0 Å². The van der Waals surface area contributed by atoms with E-state index in [1.807, 2.05) is 36.4 Å². The summed E-state index contributed by atoms with van der Waals surface area (Å²) in [7, 11) is 0. The SMILES string of the molecule is NC(=O)C1(CCCCN2CCC(NC(=O)c3cccnc3SCCC(F)(F)F)CC2)c2ccccc2-c2ccccc21. The number of alkyl halides is 3. The van der Waals surface area contributed by atoms with Crippen LogP contribution in [0.1, 0.15) is 60.0 Å². The fourth-order valence-electron chi connectivity index (χ4n) is 6.22. The number of amides is 2. The van der Waals surface area contributed by atoms with Crippen LogP contribution in [-0.2, 0) is 10.2 Å². The molecular weight excluding hydrogens is 561 g/mol. The van der Waals surface area contributed by atoms with Gasteiger partial charge in [-0.05, 0) is 66.6 Å². The molecule has 2 aliphatic rings. The van der Waals surface area contributed by atoms with Crippen LogP contribution in [0.4, 0.5) is 13.2 Å². The van der Waals surface area contributed by atoms with Gasteiger partial charge in [0.25, 0.3) is 5.91 Å². The van der Waals surface area contributed by atoms with E-state index in [2.05, 4.69) is 27.3 Å². The Morgan fingerprint density at radius 3 is 2.24 bits per heavy atom. The van der Waals surface area contributed by atoms with Gasteiger partial charge in [-0.1, -0.05) is 55.0 Å². The third-order valence-corrected chi connectivity index (χ3v) is 9.33. The number of thioether (sulfide) groups is 1. The lowest BCUT2D eigenvalue weighted by molar-refractivity contribution is -0.129. The van der Waals surface area contributed by atoms with Crippen molar-refractivity contribution < 1.29 is 22.8 Å². The average Bonchev–Trinajstić information content (AvgIpc) is 3.27. The number of nitrogens with two attached hydrogens (primary N) is 1. The van der Waals surface area contributed by atoms with Crippen molar-refractivity contribution in [2.45, 2.75) is 61.2 Å². The summed E-state index contributed by atoms with van der Waals surface area (Å²) in [5.41, 5.74) is 9.73. The summed E-state index contributed by atoms with van der Waals surface area (Å²) < 4.78 is 37.6. The van der Waals surface area contributed by atoms with Crippen LogP contribution in [0.2, 0.25) is 0 Å². The molecule has 6 nitrogen and oxygen atoms in total. The van der Waals surface area contributed by atoms with Crippen molar-refractivity contribution in [3.8, 4) is 11.1 Å². The van der Waals surface area contributed by atoms with Gasteiger partial charge in [-0.2, -0.15) is 13.2 Å². The number of piperidine rings is 1. The first kappa shape index (κ1) is 30.1. The van der Waals surface area contributed by atoms with E-state index in [1.165, 1.54) is 6.20 Å². The van der Waals surface area contributed by atoms with Crippen molar-refractivity contribution in [3.05, 3.63) is 83.6 Å². The van der Waals surface area contributed by atoms with E-state index in [-0.39, 0.29) is 23.6 Å². The highest BCUT2D eigenvalue weighted by molar-refractivity contribution is 7.99. The molecule has 1 fully saturated rings. The van der Waals surface area contributed by atoms with Crippen molar-refractivity contribution in [3.63, 3.8) is 0 Å². The Hall–Kier alpha value is -3.37. The number of pyridine rings is 1. The molecule has 0 spiro atoms. The zero-order valence-electron chi connectivity index (χ0n) is 23.3. The summed E-state index contributed by atoms with van der Waals surface area (Å²) in [4.78, 5) is 32.5. The highest BCUT2D eigenvalue weighted by Crippen LogP contribution is 2.51. The lowest BCUT2D eigenvalue weighted by atomic mass is 9.73. The molecule has 10 heteroatoms. The molecule has 1 aliphatic carbocycles. The van der Waals surface area contributed by atoms with E-state index in [9.17, 15) is 22.8 Å². The van der Waals surface area contributed by atoms with Gasteiger partial charge in [0.15, 0.2) is 0 Å². The van der Waals surface area contributed by atoms with Crippen molar-refractivity contribution >= 4 is 23.6 Å². The fraction of sp³-hybridized carbons (Fsp3) is 0.406. The monoisotopic (exact) mass is 596 g/mol. The highest BCUT2D eigenvalue weighted by Gasteiger charge is 2.47. The molecule has 0 atom stereocenters. The first-order chi connectivity index (χ1) is 20.2. The summed E-state index contributed by atoms with van der Waals surface area (Å²) in [6.07, 6.45) is 0.302. The molecule has 2 amide bonds. The van der Waals surface area contributed by atoms with E-state index in [0.29, 0.717) is 17.0 Å². The number of likely N-dealkylation sites (tertiary alicyclic amines) is 1. The molecule has 0 bridgehead atoms. The quantitative estimate of drug-likeness (QED) is 0.211. The number of carbonyl (C=O) groups excluding carboxylic acids is 2. The molecule has 42 heavy (non-hydrogen) atoms. The number of aromatic nitrogens is 1. The number of unbranched alkanes of at least 4 members (excludes halogenated alkanes) is 1. The average molecular weight is 597 g/mol. The number of nitrogens with one attached hydrogen (secondary N) is 1. The lowest BCUT2D eigenvalue weighted by Gasteiger charge is -2.33. The number of fused-ring (bicyclic) bond motifs is 3. The van der Waals surface area contributed by atoms with E-state index < -0.39 is 18.0 Å². The van der Waals surface area contributed by atoms with Gasteiger partial charge >= 0.3 is 6.18 Å². The minimum atomic E-state index is -4.24. The summed E-state index contributed by atoms with van der Waals surface area (Å²) >= 11 is 0.950. The minimum absolute atomic E-state index is 0.00777. The highest BCUT2D eigenvalue weighted by atomic mass is 32.2. The summed E-state index contributed by atoms with van der Waals surface area (Å²) in [5.74, 6) is -0.796. The predicted octanol–water partition coefficient (Wildman–Crippen LogP) is 5.94. The van der Waals surface area contributed by atoms with Crippen LogP contribution in [0.15, 0.2) is 71.9 Å². The van der Waals surface area contributed by atoms with Crippen LogP contribution >= 0.6 is 11.8 Å². The summed E-state index contributed by atoms with van der Waals surface area (Å²) in [5, 5.41) is 3.37. The van der Waals surface area contributed by atoms with Gasteiger partial charge in [0, 0.05) is 31.1 Å². The molecule has 222 valence electrons. The minimum Gasteiger partial charge on any atom is -0.369 e. The van der Waals surface area contributed by atoms with E-state index >= 15 is 0 Å². The molecule has 1 saturated heterocycles. The third-order valence-electron chi connectivity index (χ3n) is 8.32. The van der Waals surface area contributed by atoms with Crippen LogP contribution in [-0.4, -0.2) is 59.3 Å². The Morgan fingerprint density at radius 2 is 1.62 bits per heavy atom. The first-order valence-corrected chi connectivity index (χ1v) is 15.3. The number of hydrogen-bond donors (Lipinski definition) is 2. The van der Waals surface area contributed by atoms with Gasteiger partial charge in [-0.3, -0.25) is 9.59 Å². The number of hydrogen-bond acceptors (Lipinski definition) is 5. The van der Waals surface area contributed by atoms with Gasteiger partial charge in [0.05, 0.1) is 17.4 Å². The molecular formula is C32H35F3N4O2S. The maximum Gasteiger partial charge on any atom is 0.389 e. The molecule has 5 rings (SSSR count). The Bertz CT molecular complexity index is 1380. The number of rotatable bonds is 11. The Kier molecular flexibility index (Phi) is 9.22. The third kappa shape index (κ3) is 6.49. The molecule has 1 aromatic heterocycles. The van der Waals surface area contributed by atoms with E-state index in [0.717, 1.165) is 79.3 Å². The number of nitrogens with zero attached hydrogens (tertiary/aromatic N) is 2. The molecule has 2 heterocycles. The lowest BCUT2D eigenvalue weighted by Crippen LogP contribution is -2.45. The molecule has 2 aromatic carbocycles. The Balaban J connectivity index is 1.11.